The van der Waals surface area contributed by atoms with Gasteiger partial charge in [-0.1, -0.05) is 0 Å². The summed E-state index contributed by atoms with van der Waals surface area (Å²) in [5.74, 6) is 0.281. The first-order valence-corrected chi connectivity index (χ1v) is 10.7. The first-order chi connectivity index (χ1) is 14.4. The SMILES string of the molecule is CCOc1cc(C(=O)NNS(=O)(=O)c2ccc(C#N)cc2)cc(OCC)c1OCC. The van der Waals surface area contributed by atoms with E-state index in [0.717, 1.165) is 0 Å². The maximum absolute atomic E-state index is 12.6. The first kappa shape index (κ1) is 23.0. The van der Waals surface area contributed by atoms with E-state index in [0.29, 0.717) is 42.6 Å². The zero-order chi connectivity index (χ0) is 22.1. The second-order valence-corrected chi connectivity index (χ2v) is 7.48. The minimum Gasteiger partial charge on any atom is -0.490 e. The molecule has 2 aromatic carbocycles. The summed E-state index contributed by atoms with van der Waals surface area (Å²) >= 11 is 0. The second kappa shape index (κ2) is 10.5. The van der Waals surface area contributed by atoms with Crippen LogP contribution in [0, 0.1) is 11.3 Å². The molecular weight excluding hydrogens is 410 g/mol. The van der Waals surface area contributed by atoms with Gasteiger partial charge >= 0.3 is 0 Å². The Morgan fingerprint density at radius 1 is 0.967 bits per heavy atom. The average molecular weight is 433 g/mol. The lowest BCUT2D eigenvalue weighted by Gasteiger charge is -2.17. The van der Waals surface area contributed by atoms with Gasteiger partial charge in [-0.2, -0.15) is 5.26 Å². The van der Waals surface area contributed by atoms with E-state index in [-0.39, 0.29) is 10.5 Å². The number of sulfonamides is 1. The standard InChI is InChI=1S/C20H23N3O6S/c1-4-27-17-11-15(12-18(28-5-2)19(17)29-6-3)20(24)22-23-30(25,26)16-9-7-14(13-21)8-10-16/h7-12,23H,4-6H2,1-3H3,(H,22,24). The van der Waals surface area contributed by atoms with Gasteiger partial charge in [0.05, 0.1) is 36.3 Å². The lowest BCUT2D eigenvalue weighted by molar-refractivity contribution is 0.0944. The Bertz CT molecular complexity index is 1000. The van der Waals surface area contributed by atoms with Gasteiger partial charge in [0.1, 0.15) is 0 Å². The van der Waals surface area contributed by atoms with Crippen molar-refractivity contribution in [2.45, 2.75) is 25.7 Å². The van der Waals surface area contributed by atoms with Crippen molar-refractivity contribution in [1.82, 2.24) is 10.3 Å². The van der Waals surface area contributed by atoms with Gasteiger partial charge in [-0.05, 0) is 57.2 Å². The minimum absolute atomic E-state index is 0.0986. The highest BCUT2D eigenvalue weighted by atomic mass is 32.2. The Balaban J connectivity index is 2.25. The van der Waals surface area contributed by atoms with Crippen LogP contribution < -0.4 is 24.5 Å². The summed E-state index contributed by atoms with van der Waals surface area (Å²) < 4.78 is 41.4. The van der Waals surface area contributed by atoms with Gasteiger partial charge in [0, 0.05) is 5.56 Å². The van der Waals surface area contributed by atoms with Crippen molar-refractivity contribution in [3.8, 4) is 23.3 Å². The Morgan fingerprint density at radius 3 is 1.97 bits per heavy atom. The third-order valence-corrected chi connectivity index (χ3v) is 5.03. The molecule has 0 bridgehead atoms. The van der Waals surface area contributed by atoms with Crippen LogP contribution in [0.4, 0.5) is 0 Å². The molecule has 0 aliphatic rings. The van der Waals surface area contributed by atoms with Crippen LogP contribution in [0.25, 0.3) is 0 Å². The molecule has 160 valence electrons. The van der Waals surface area contributed by atoms with Gasteiger partial charge in [0.2, 0.25) is 5.75 Å². The summed E-state index contributed by atoms with van der Waals surface area (Å²) in [6, 6.07) is 10.1. The monoisotopic (exact) mass is 433 g/mol. The zero-order valence-electron chi connectivity index (χ0n) is 16.9. The molecule has 0 saturated carbocycles. The molecule has 9 nitrogen and oxygen atoms in total. The minimum atomic E-state index is -4.02. The molecule has 30 heavy (non-hydrogen) atoms. The molecule has 0 aliphatic carbocycles. The number of carbonyl (C=O) groups excluding carboxylic acids is 1. The summed E-state index contributed by atoms with van der Waals surface area (Å²) in [7, 11) is -4.02. The predicted molar refractivity (Wildman–Crippen MR) is 109 cm³/mol. The lowest BCUT2D eigenvalue weighted by atomic mass is 10.1. The number of ether oxygens (including phenoxy) is 3. The van der Waals surface area contributed by atoms with Crippen LogP contribution in [0.3, 0.4) is 0 Å². The molecule has 0 atom stereocenters. The number of nitrogens with one attached hydrogen (secondary N) is 2. The molecule has 10 heteroatoms. The van der Waals surface area contributed by atoms with Gasteiger partial charge in [-0.3, -0.25) is 10.2 Å². The summed E-state index contributed by atoms with van der Waals surface area (Å²) in [4.78, 5) is 14.5. The third-order valence-electron chi connectivity index (χ3n) is 3.76. The number of amides is 1. The van der Waals surface area contributed by atoms with Crippen LogP contribution in [-0.4, -0.2) is 34.1 Å². The van der Waals surface area contributed by atoms with Crippen molar-refractivity contribution in [1.29, 1.82) is 5.26 Å². The van der Waals surface area contributed by atoms with Gasteiger partial charge < -0.3 is 14.2 Å². The Kier molecular flexibility index (Phi) is 8.03. The van der Waals surface area contributed by atoms with Crippen LogP contribution in [0.2, 0.25) is 0 Å². The number of nitrogens with zero attached hydrogens (tertiary/aromatic N) is 1. The first-order valence-electron chi connectivity index (χ1n) is 9.25. The van der Waals surface area contributed by atoms with Crippen molar-refractivity contribution in [2.24, 2.45) is 0 Å². The molecule has 0 saturated heterocycles. The summed E-state index contributed by atoms with van der Waals surface area (Å²) in [6.45, 7) is 6.42. The predicted octanol–water partition coefficient (Wildman–Crippen LogP) is 2.38. The molecule has 1 amide bonds. The normalized spacial score (nSPS) is 10.7. The quantitative estimate of drug-likeness (QED) is 0.551. The summed E-state index contributed by atoms with van der Waals surface area (Å²) in [6.07, 6.45) is 0. The second-order valence-electron chi connectivity index (χ2n) is 5.80. The lowest BCUT2D eigenvalue weighted by Crippen LogP contribution is -2.41. The molecule has 2 rings (SSSR count). The molecule has 0 unspecified atom stereocenters. The Hall–Kier alpha value is -3.29. The van der Waals surface area contributed by atoms with Crippen LogP contribution >= 0.6 is 0 Å². The van der Waals surface area contributed by atoms with Crippen LogP contribution in [-0.2, 0) is 10.0 Å². The molecule has 0 radical (unpaired) electrons. The fourth-order valence-electron chi connectivity index (χ4n) is 2.47. The van der Waals surface area contributed by atoms with E-state index >= 15 is 0 Å². The van der Waals surface area contributed by atoms with E-state index < -0.39 is 15.9 Å². The highest BCUT2D eigenvalue weighted by molar-refractivity contribution is 7.89. The third kappa shape index (κ3) is 5.62. The Morgan fingerprint density at radius 2 is 1.50 bits per heavy atom. The van der Waals surface area contributed by atoms with Crippen LogP contribution in [0.5, 0.6) is 17.2 Å². The van der Waals surface area contributed by atoms with E-state index in [1.54, 1.807) is 13.8 Å². The van der Waals surface area contributed by atoms with Crippen LogP contribution in [0.1, 0.15) is 36.7 Å². The maximum atomic E-state index is 12.6. The fourth-order valence-corrected chi connectivity index (χ4v) is 3.31. The molecule has 0 heterocycles. The molecule has 0 aromatic heterocycles. The summed E-state index contributed by atoms with van der Waals surface area (Å²) in [5.41, 5.74) is 2.60. The summed E-state index contributed by atoms with van der Waals surface area (Å²) in [5, 5.41) is 8.81. The smallest absolute Gasteiger partial charge is 0.266 e. The largest absolute Gasteiger partial charge is 0.490 e. The van der Waals surface area contributed by atoms with E-state index in [2.05, 4.69) is 5.43 Å². The number of carbonyl (C=O) groups is 1. The van der Waals surface area contributed by atoms with Gasteiger partial charge in [-0.25, -0.2) is 8.42 Å². The van der Waals surface area contributed by atoms with E-state index in [4.69, 9.17) is 19.5 Å². The van der Waals surface area contributed by atoms with E-state index in [1.807, 2.05) is 17.8 Å². The molecule has 2 aromatic rings. The number of hydrazine groups is 1. The number of hydrogen-bond acceptors (Lipinski definition) is 7. The molecule has 0 fully saturated rings. The van der Waals surface area contributed by atoms with Crippen molar-refractivity contribution < 1.29 is 27.4 Å². The molecule has 0 aliphatic heterocycles. The Labute approximate surface area is 175 Å². The number of rotatable bonds is 10. The molecule has 0 spiro atoms. The molecular formula is C20H23N3O6S. The topological polar surface area (TPSA) is 127 Å². The van der Waals surface area contributed by atoms with Gasteiger partial charge in [0.15, 0.2) is 11.5 Å². The van der Waals surface area contributed by atoms with Crippen molar-refractivity contribution in [3.05, 3.63) is 47.5 Å². The maximum Gasteiger partial charge on any atom is 0.266 e. The number of nitriles is 1. The van der Waals surface area contributed by atoms with Gasteiger partial charge in [0.25, 0.3) is 15.9 Å². The van der Waals surface area contributed by atoms with Crippen molar-refractivity contribution >= 4 is 15.9 Å². The average Bonchev–Trinajstić information content (AvgIpc) is 2.74. The van der Waals surface area contributed by atoms with E-state index in [1.165, 1.54) is 36.4 Å². The van der Waals surface area contributed by atoms with E-state index in [9.17, 15) is 13.2 Å². The van der Waals surface area contributed by atoms with Crippen LogP contribution in [0.15, 0.2) is 41.3 Å². The van der Waals surface area contributed by atoms with Gasteiger partial charge in [-0.15, -0.1) is 4.83 Å². The number of hydrogen-bond donors (Lipinski definition) is 2. The zero-order valence-corrected chi connectivity index (χ0v) is 17.7. The van der Waals surface area contributed by atoms with Crippen molar-refractivity contribution in [2.75, 3.05) is 19.8 Å². The molecule has 2 N–H and O–H groups in total. The highest BCUT2D eigenvalue weighted by Crippen LogP contribution is 2.39. The van der Waals surface area contributed by atoms with Crippen molar-refractivity contribution in [3.63, 3.8) is 0 Å². The number of benzene rings is 2. The fraction of sp³-hybridized carbons (Fsp3) is 0.300. The highest BCUT2D eigenvalue weighted by Gasteiger charge is 2.20.